The molecule has 0 spiro atoms. The summed E-state index contributed by atoms with van der Waals surface area (Å²) in [6.07, 6.45) is 0.244. The largest absolute Gasteiger partial charge is 0.508 e. The van der Waals surface area contributed by atoms with Crippen LogP contribution in [0.4, 0.5) is 0 Å². The number of aryl methyl sites for hydroxylation is 1. The number of aromatic hydroxyl groups is 1. The second-order valence-electron chi connectivity index (χ2n) is 7.80. The van der Waals surface area contributed by atoms with E-state index in [1.807, 2.05) is 30.3 Å². The second-order valence-corrected chi connectivity index (χ2v) is 7.80. The molecule has 0 fully saturated rings. The minimum atomic E-state index is -1.20. The van der Waals surface area contributed by atoms with Crippen LogP contribution in [-0.2, 0) is 22.4 Å². The number of carboxylic acids is 1. The molecule has 0 saturated carbocycles. The minimum Gasteiger partial charge on any atom is -0.508 e. The quantitative estimate of drug-likeness (QED) is 0.403. The number of phenolic OH excluding ortho intramolecular Hbond substituents is 1. The Labute approximate surface area is 192 Å². The third-order valence-corrected chi connectivity index (χ3v) is 5.31. The van der Waals surface area contributed by atoms with Crippen LogP contribution in [0.15, 0.2) is 78.9 Å². The van der Waals surface area contributed by atoms with Crippen molar-refractivity contribution in [2.45, 2.75) is 31.8 Å². The van der Waals surface area contributed by atoms with E-state index in [9.17, 15) is 24.6 Å². The Morgan fingerprint density at radius 1 is 0.818 bits per heavy atom. The van der Waals surface area contributed by atoms with Crippen molar-refractivity contribution in [3.8, 4) is 5.75 Å². The normalized spacial score (nSPS) is 12.4. The summed E-state index contributed by atoms with van der Waals surface area (Å²) in [6.45, 7) is 1.76. The molecule has 0 saturated heterocycles. The zero-order valence-electron chi connectivity index (χ0n) is 18.2. The lowest BCUT2D eigenvalue weighted by Crippen LogP contribution is -2.53. The first-order chi connectivity index (χ1) is 15.8. The number of carboxylic acid groups (broad SMARTS) is 1. The average Bonchev–Trinajstić information content (AvgIpc) is 2.80. The number of aliphatic carboxylic acids is 1. The molecule has 0 aromatic heterocycles. The van der Waals surface area contributed by atoms with E-state index >= 15 is 0 Å². The first-order valence-corrected chi connectivity index (χ1v) is 10.5. The molecule has 0 bridgehead atoms. The van der Waals surface area contributed by atoms with E-state index in [-0.39, 0.29) is 18.6 Å². The zero-order chi connectivity index (χ0) is 23.8. The van der Waals surface area contributed by atoms with Crippen LogP contribution >= 0.6 is 0 Å². The van der Waals surface area contributed by atoms with Crippen molar-refractivity contribution in [1.82, 2.24) is 10.6 Å². The predicted molar refractivity (Wildman–Crippen MR) is 124 cm³/mol. The summed E-state index contributed by atoms with van der Waals surface area (Å²) < 4.78 is 0. The predicted octanol–water partition coefficient (Wildman–Crippen LogP) is 2.85. The lowest BCUT2D eigenvalue weighted by Gasteiger charge is -2.22. The fourth-order valence-corrected chi connectivity index (χ4v) is 3.49. The summed E-state index contributed by atoms with van der Waals surface area (Å²) in [5, 5.41) is 24.6. The SMILES string of the molecule is Cc1cc(O)ccc1C[C@H](NC(=O)[C@H](Cc1ccccc1)NC(=O)c1ccccc1)C(=O)O. The van der Waals surface area contributed by atoms with E-state index in [1.54, 1.807) is 43.3 Å². The highest BCUT2D eigenvalue weighted by atomic mass is 16.4. The summed E-state index contributed by atoms with van der Waals surface area (Å²) in [5.41, 5.74) is 2.63. The Bertz CT molecular complexity index is 1120. The minimum absolute atomic E-state index is 0.0396. The molecule has 33 heavy (non-hydrogen) atoms. The van der Waals surface area contributed by atoms with E-state index in [0.29, 0.717) is 16.7 Å². The molecule has 7 heteroatoms. The summed E-state index contributed by atoms with van der Waals surface area (Å²) >= 11 is 0. The molecule has 2 atom stereocenters. The topological polar surface area (TPSA) is 116 Å². The smallest absolute Gasteiger partial charge is 0.326 e. The van der Waals surface area contributed by atoms with Crippen LogP contribution in [0.2, 0.25) is 0 Å². The lowest BCUT2D eigenvalue weighted by atomic mass is 9.99. The maximum atomic E-state index is 13.1. The molecule has 0 unspecified atom stereocenters. The third kappa shape index (κ3) is 6.67. The van der Waals surface area contributed by atoms with E-state index < -0.39 is 29.9 Å². The Morgan fingerprint density at radius 2 is 1.45 bits per heavy atom. The number of nitrogens with one attached hydrogen (secondary N) is 2. The second kappa shape index (κ2) is 10.9. The van der Waals surface area contributed by atoms with Gasteiger partial charge in [-0.25, -0.2) is 4.79 Å². The average molecular weight is 447 g/mol. The number of phenols is 1. The molecule has 170 valence electrons. The summed E-state index contributed by atoms with van der Waals surface area (Å²) in [4.78, 5) is 37.7. The molecule has 3 aromatic carbocycles. The van der Waals surface area contributed by atoms with E-state index in [1.165, 1.54) is 12.1 Å². The van der Waals surface area contributed by atoms with Crippen LogP contribution in [0.5, 0.6) is 5.75 Å². The summed E-state index contributed by atoms with van der Waals surface area (Å²) in [6, 6.07) is 20.2. The van der Waals surface area contributed by atoms with Gasteiger partial charge in [0.2, 0.25) is 5.91 Å². The number of benzene rings is 3. The fourth-order valence-electron chi connectivity index (χ4n) is 3.49. The van der Waals surface area contributed by atoms with Gasteiger partial charge < -0.3 is 20.8 Å². The van der Waals surface area contributed by atoms with Crippen LogP contribution < -0.4 is 10.6 Å². The Hall–Kier alpha value is -4.13. The van der Waals surface area contributed by atoms with E-state index in [0.717, 1.165) is 5.56 Å². The van der Waals surface area contributed by atoms with Gasteiger partial charge in [0, 0.05) is 18.4 Å². The highest BCUT2D eigenvalue weighted by Crippen LogP contribution is 2.17. The molecular formula is C26H26N2O5. The molecule has 0 aliphatic heterocycles. The van der Waals surface area contributed by atoms with Gasteiger partial charge in [0.05, 0.1) is 0 Å². The summed E-state index contributed by atoms with van der Waals surface area (Å²) in [7, 11) is 0. The van der Waals surface area contributed by atoms with Gasteiger partial charge in [-0.2, -0.15) is 0 Å². The Morgan fingerprint density at radius 3 is 2.06 bits per heavy atom. The van der Waals surface area contributed by atoms with Crippen molar-refractivity contribution < 1.29 is 24.6 Å². The maximum absolute atomic E-state index is 13.1. The summed E-state index contributed by atoms with van der Waals surface area (Å²) in [5.74, 6) is -2.12. The number of carbonyl (C=O) groups is 3. The van der Waals surface area contributed by atoms with E-state index in [4.69, 9.17) is 0 Å². The van der Waals surface area contributed by atoms with Crippen molar-refractivity contribution >= 4 is 17.8 Å². The fraction of sp³-hybridized carbons (Fsp3) is 0.192. The molecule has 0 heterocycles. The van der Waals surface area contributed by atoms with Gasteiger partial charge in [0.25, 0.3) is 5.91 Å². The highest BCUT2D eigenvalue weighted by Gasteiger charge is 2.27. The van der Waals surface area contributed by atoms with Gasteiger partial charge in [-0.1, -0.05) is 54.6 Å². The van der Waals surface area contributed by atoms with Crippen molar-refractivity contribution in [1.29, 1.82) is 0 Å². The highest BCUT2D eigenvalue weighted by molar-refractivity contribution is 5.98. The molecule has 3 aromatic rings. The molecule has 4 N–H and O–H groups in total. The first kappa shape index (κ1) is 23.5. The van der Waals surface area contributed by atoms with Crippen molar-refractivity contribution in [2.75, 3.05) is 0 Å². The molecule has 0 aliphatic carbocycles. The molecule has 3 rings (SSSR count). The van der Waals surface area contributed by atoms with Crippen LogP contribution in [0, 0.1) is 6.92 Å². The number of hydrogen-bond acceptors (Lipinski definition) is 4. The molecule has 0 radical (unpaired) electrons. The van der Waals surface area contributed by atoms with Gasteiger partial charge in [-0.05, 0) is 47.9 Å². The lowest BCUT2D eigenvalue weighted by molar-refractivity contribution is -0.142. The van der Waals surface area contributed by atoms with Gasteiger partial charge in [-0.15, -0.1) is 0 Å². The van der Waals surface area contributed by atoms with Crippen molar-refractivity contribution in [2.24, 2.45) is 0 Å². The number of hydrogen-bond donors (Lipinski definition) is 4. The monoisotopic (exact) mass is 446 g/mol. The standard InChI is InChI=1S/C26H26N2O5/c1-17-14-21(29)13-12-20(17)16-23(26(32)33)28-25(31)22(15-18-8-4-2-5-9-18)27-24(30)19-10-6-3-7-11-19/h2-14,22-23,29H,15-16H2,1H3,(H,27,30)(H,28,31)(H,32,33)/t22-,23-/m0/s1. The van der Waals surface area contributed by atoms with Gasteiger partial charge >= 0.3 is 5.97 Å². The molecule has 7 nitrogen and oxygen atoms in total. The Kier molecular flexibility index (Phi) is 7.81. The van der Waals surface area contributed by atoms with Crippen molar-refractivity contribution in [3.05, 3.63) is 101 Å². The molecule has 0 aliphatic rings. The van der Waals surface area contributed by atoms with Gasteiger partial charge in [0.15, 0.2) is 0 Å². The molecule has 2 amide bonds. The van der Waals surface area contributed by atoms with Crippen LogP contribution in [0.25, 0.3) is 0 Å². The number of carbonyl (C=O) groups excluding carboxylic acids is 2. The number of rotatable bonds is 9. The Balaban J connectivity index is 1.79. The van der Waals surface area contributed by atoms with Crippen molar-refractivity contribution in [3.63, 3.8) is 0 Å². The van der Waals surface area contributed by atoms with Gasteiger partial charge in [-0.3, -0.25) is 9.59 Å². The van der Waals surface area contributed by atoms with Crippen LogP contribution in [-0.4, -0.2) is 40.1 Å². The third-order valence-electron chi connectivity index (χ3n) is 5.31. The van der Waals surface area contributed by atoms with Crippen LogP contribution in [0.1, 0.15) is 27.0 Å². The van der Waals surface area contributed by atoms with Crippen LogP contribution in [0.3, 0.4) is 0 Å². The van der Waals surface area contributed by atoms with Gasteiger partial charge in [0.1, 0.15) is 17.8 Å². The molecular weight excluding hydrogens is 420 g/mol. The maximum Gasteiger partial charge on any atom is 0.326 e. The van der Waals surface area contributed by atoms with E-state index in [2.05, 4.69) is 10.6 Å². The first-order valence-electron chi connectivity index (χ1n) is 10.5. The zero-order valence-corrected chi connectivity index (χ0v) is 18.2. The number of amides is 2.